The average molecular weight is 370 g/mol. The first-order chi connectivity index (χ1) is 12.6. The van der Waals surface area contributed by atoms with Crippen LogP contribution in [-0.2, 0) is 9.53 Å². The van der Waals surface area contributed by atoms with Gasteiger partial charge in [0.15, 0.2) is 5.17 Å². The van der Waals surface area contributed by atoms with Crippen molar-refractivity contribution in [2.45, 2.75) is 20.8 Å². The molecule has 26 heavy (non-hydrogen) atoms. The Kier molecular flexibility index (Phi) is 5.96. The van der Waals surface area contributed by atoms with E-state index in [-0.39, 0.29) is 5.91 Å². The van der Waals surface area contributed by atoms with Crippen LogP contribution in [0.3, 0.4) is 0 Å². The number of amides is 1. The van der Waals surface area contributed by atoms with Crippen LogP contribution in [0.1, 0.15) is 24.0 Å². The molecule has 5 nitrogen and oxygen atoms in total. The van der Waals surface area contributed by atoms with Gasteiger partial charge in [-0.25, -0.2) is 4.99 Å². The number of rotatable bonds is 6. The van der Waals surface area contributed by atoms with Crippen LogP contribution < -0.4 is 0 Å². The molecule has 0 atom stereocenters. The van der Waals surface area contributed by atoms with Crippen molar-refractivity contribution in [3.8, 4) is 0 Å². The summed E-state index contributed by atoms with van der Waals surface area (Å²) in [5.74, 6) is 1.58. The molecule has 1 aliphatic heterocycles. The molecule has 1 amide bonds. The number of carbonyl (C=O) groups is 1. The molecule has 0 aliphatic carbocycles. The normalized spacial score (nSPS) is 17.7. The number of benzene rings is 1. The monoisotopic (exact) mass is 370 g/mol. The first kappa shape index (κ1) is 18.5. The van der Waals surface area contributed by atoms with Gasteiger partial charge in [0.2, 0.25) is 0 Å². The van der Waals surface area contributed by atoms with E-state index in [0.717, 1.165) is 22.8 Å². The Bertz CT molecular complexity index is 840. The number of furan rings is 1. The van der Waals surface area contributed by atoms with E-state index in [0.29, 0.717) is 29.8 Å². The number of nitrogens with zero attached hydrogens (tertiary/aromatic N) is 2. The van der Waals surface area contributed by atoms with E-state index in [1.54, 1.807) is 4.90 Å². The number of carbonyl (C=O) groups excluding carboxylic acids is 1. The molecule has 1 saturated heterocycles. The molecule has 0 radical (unpaired) electrons. The van der Waals surface area contributed by atoms with Gasteiger partial charge in [0.05, 0.1) is 23.7 Å². The van der Waals surface area contributed by atoms with Crippen LogP contribution in [0.25, 0.3) is 6.08 Å². The number of hydrogen-bond acceptors (Lipinski definition) is 5. The highest BCUT2D eigenvalue weighted by molar-refractivity contribution is 8.18. The molecule has 0 saturated carbocycles. The Morgan fingerprint density at radius 2 is 2.04 bits per heavy atom. The Balaban J connectivity index is 1.90. The summed E-state index contributed by atoms with van der Waals surface area (Å²) in [6, 6.07) is 11.6. The van der Waals surface area contributed by atoms with Gasteiger partial charge in [-0.3, -0.25) is 9.69 Å². The SMILES string of the molecule is CCOCCN1C(=O)/C(=C/c2cc(C)oc2C)SC1=Nc1ccccc1. The molecular formula is C20H22N2O3S. The van der Waals surface area contributed by atoms with E-state index >= 15 is 0 Å². The number of aryl methyl sites for hydroxylation is 2. The summed E-state index contributed by atoms with van der Waals surface area (Å²) in [6.45, 7) is 7.32. The molecule has 0 bridgehead atoms. The van der Waals surface area contributed by atoms with E-state index in [9.17, 15) is 4.79 Å². The van der Waals surface area contributed by atoms with Gasteiger partial charge >= 0.3 is 0 Å². The highest BCUT2D eigenvalue weighted by Crippen LogP contribution is 2.34. The van der Waals surface area contributed by atoms with Crippen LogP contribution in [0.15, 0.2) is 50.7 Å². The molecule has 136 valence electrons. The van der Waals surface area contributed by atoms with Gasteiger partial charge in [0.1, 0.15) is 11.5 Å². The van der Waals surface area contributed by atoms with Crippen molar-refractivity contribution in [3.05, 3.63) is 58.4 Å². The Morgan fingerprint density at radius 3 is 2.69 bits per heavy atom. The first-order valence-electron chi connectivity index (χ1n) is 8.58. The fourth-order valence-corrected chi connectivity index (χ4v) is 3.65. The van der Waals surface area contributed by atoms with E-state index < -0.39 is 0 Å². The van der Waals surface area contributed by atoms with E-state index in [2.05, 4.69) is 4.99 Å². The number of amidine groups is 1. The number of hydrogen-bond donors (Lipinski definition) is 0. The van der Waals surface area contributed by atoms with Crippen molar-refractivity contribution in [3.63, 3.8) is 0 Å². The summed E-state index contributed by atoms with van der Waals surface area (Å²) in [7, 11) is 0. The summed E-state index contributed by atoms with van der Waals surface area (Å²) in [4.78, 5) is 19.9. The van der Waals surface area contributed by atoms with Crippen LogP contribution in [0.2, 0.25) is 0 Å². The second kappa shape index (κ2) is 8.38. The highest BCUT2D eigenvalue weighted by Gasteiger charge is 2.33. The minimum atomic E-state index is -0.0531. The van der Waals surface area contributed by atoms with E-state index in [1.807, 2.05) is 63.2 Å². The lowest BCUT2D eigenvalue weighted by Gasteiger charge is -2.15. The predicted octanol–water partition coefficient (Wildman–Crippen LogP) is 4.54. The van der Waals surface area contributed by atoms with Gasteiger partial charge in [-0.15, -0.1) is 0 Å². The summed E-state index contributed by atoms with van der Waals surface area (Å²) < 4.78 is 11.0. The van der Waals surface area contributed by atoms with Crippen molar-refractivity contribution in [1.82, 2.24) is 4.90 Å². The third kappa shape index (κ3) is 4.26. The van der Waals surface area contributed by atoms with Gasteiger partial charge < -0.3 is 9.15 Å². The van der Waals surface area contributed by atoms with Crippen LogP contribution in [0.4, 0.5) is 5.69 Å². The number of para-hydroxylation sites is 1. The van der Waals surface area contributed by atoms with Crippen molar-refractivity contribution in [2.24, 2.45) is 4.99 Å². The fraction of sp³-hybridized carbons (Fsp3) is 0.300. The largest absolute Gasteiger partial charge is 0.466 e. The number of ether oxygens (including phenoxy) is 1. The zero-order valence-electron chi connectivity index (χ0n) is 15.2. The summed E-state index contributed by atoms with van der Waals surface area (Å²) in [5.41, 5.74) is 1.74. The minimum absolute atomic E-state index is 0.0531. The molecule has 0 spiro atoms. The Labute approximate surface area is 157 Å². The van der Waals surface area contributed by atoms with Crippen LogP contribution in [0, 0.1) is 13.8 Å². The lowest BCUT2D eigenvalue weighted by atomic mass is 10.2. The molecule has 1 fully saturated rings. The maximum absolute atomic E-state index is 12.9. The third-order valence-electron chi connectivity index (χ3n) is 3.90. The topological polar surface area (TPSA) is 55.0 Å². The standard InChI is InChI=1S/C20H22N2O3S/c1-4-24-11-10-22-19(23)18(13-16-12-14(2)25-15(16)3)26-20(22)21-17-8-6-5-7-9-17/h5-9,12-13H,4,10-11H2,1-3H3/b18-13-,21-20?. The molecule has 2 aromatic rings. The van der Waals surface area contributed by atoms with Crippen LogP contribution in [0.5, 0.6) is 0 Å². The lowest BCUT2D eigenvalue weighted by molar-refractivity contribution is -0.122. The maximum Gasteiger partial charge on any atom is 0.266 e. The molecule has 1 aliphatic rings. The van der Waals surface area contributed by atoms with Gasteiger partial charge in [-0.05, 0) is 56.8 Å². The lowest BCUT2D eigenvalue weighted by Crippen LogP contribution is -2.32. The van der Waals surface area contributed by atoms with Crippen LogP contribution in [-0.4, -0.2) is 35.7 Å². The highest BCUT2D eigenvalue weighted by atomic mass is 32.2. The van der Waals surface area contributed by atoms with Crippen molar-refractivity contribution in [1.29, 1.82) is 0 Å². The molecule has 3 rings (SSSR count). The fourth-order valence-electron chi connectivity index (χ4n) is 2.64. The number of aliphatic imine (C=N–C) groups is 1. The zero-order valence-corrected chi connectivity index (χ0v) is 16.0. The molecule has 6 heteroatoms. The van der Waals surface area contributed by atoms with Crippen molar-refractivity contribution in [2.75, 3.05) is 19.8 Å². The summed E-state index contributed by atoms with van der Waals surface area (Å²) in [6.07, 6.45) is 1.88. The van der Waals surface area contributed by atoms with Crippen LogP contribution >= 0.6 is 11.8 Å². The van der Waals surface area contributed by atoms with E-state index in [4.69, 9.17) is 9.15 Å². The molecule has 0 unspecified atom stereocenters. The zero-order chi connectivity index (χ0) is 18.5. The summed E-state index contributed by atoms with van der Waals surface area (Å²) in [5, 5.41) is 0.671. The molecule has 0 N–H and O–H groups in total. The third-order valence-corrected chi connectivity index (χ3v) is 4.90. The molecule has 1 aromatic heterocycles. The van der Waals surface area contributed by atoms with Gasteiger partial charge in [0, 0.05) is 12.2 Å². The quantitative estimate of drug-likeness (QED) is 0.553. The van der Waals surface area contributed by atoms with Gasteiger partial charge in [0.25, 0.3) is 5.91 Å². The van der Waals surface area contributed by atoms with E-state index in [1.165, 1.54) is 11.8 Å². The van der Waals surface area contributed by atoms with Crippen molar-refractivity contribution >= 4 is 34.6 Å². The second-order valence-electron chi connectivity index (χ2n) is 5.86. The number of thioether (sulfide) groups is 1. The summed E-state index contributed by atoms with van der Waals surface area (Å²) >= 11 is 1.38. The molecular weight excluding hydrogens is 348 g/mol. The predicted molar refractivity (Wildman–Crippen MR) is 105 cm³/mol. The Morgan fingerprint density at radius 1 is 1.27 bits per heavy atom. The van der Waals surface area contributed by atoms with Crippen molar-refractivity contribution < 1.29 is 13.9 Å². The smallest absolute Gasteiger partial charge is 0.266 e. The maximum atomic E-state index is 12.9. The second-order valence-corrected chi connectivity index (χ2v) is 6.87. The molecule has 1 aromatic carbocycles. The molecule has 2 heterocycles. The average Bonchev–Trinajstić information content (AvgIpc) is 3.09. The minimum Gasteiger partial charge on any atom is -0.466 e. The Hall–Kier alpha value is -2.31. The van der Waals surface area contributed by atoms with Gasteiger partial charge in [-0.1, -0.05) is 18.2 Å². The first-order valence-corrected chi connectivity index (χ1v) is 9.40. The van der Waals surface area contributed by atoms with Gasteiger partial charge in [-0.2, -0.15) is 0 Å².